The van der Waals surface area contributed by atoms with Gasteiger partial charge in [0.05, 0.1) is 11.8 Å². The average Bonchev–Trinajstić information content (AvgIpc) is 2.85. The number of rotatable bonds is 7. The van der Waals surface area contributed by atoms with Crippen LogP contribution in [0, 0.1) is 0 Å². The van der Waals surface area contributed by atoms with Crippen molar-refractivity contribution in [3.8, 4) is 0 Å². The van der Waals surface area contributed by atoms with Crippen LogP contribution >= 0.6 is 0 Å². The molecule has 0 saturated carbocycles. The van der Waals surface area contributed by atoms with Gasteiger partial charge < -0.3 is 5.11 Å². The zero-order valence-electron chi connectivity index (χ0n) is 12.2. The van der Waals surface area contributed by atoms with Gasteiger partial charge in [-0.3, -0.25) is 9.58 Å². The van der Waals surface area contributed by atoms with Crippen LogP contribution < -0.4 is 0 Å². The van der Waals surface area contributed by atoms with Crippen molar-refractivity contribution in [2.45, 2.75) is 32.5 Å². The number of aliphatic hydroxyl groups is 1. The molecule has 20 heavy (non-hydrogen) atoms. The second-order valence-corrected chi connectivity index (χ2v) is 5.16. The van der Waals surface area contributed by atoms with E-state index in [-0.39, 0.29) is 6.10 Å². The van der Waals surface area contributed by atoms with Crippen molar-refractivity contribution in [3.63, 3.8) is 0 Å². The van der Waals surface area contributed by atoms with E-state index < -0.39 is 0 Å². The maximum atomic E-state index is 9.94. The van der Waals surface area contributed by atoms with Crippen LogP contribution in [0.25, 0.3) is 0 Å². The number of aryl methyl sites for hydroxylation is 1. The van der Waals surface area contributed by atoms with E-state index in [4.69, 9.17) is 0 Å². The highest BCUT2D eigenvalue weighted by Crippen LogP contribution is 2.10. The molecule has 0 spiro atoms. The first-order chi connectivity index (χ1) is 9.69. The lowest BCUT2D eigenvalue weighted by molar-refractivity contribution is 0.1000. The molecule has 2 rings (SSSR count). The van der Waals surface area contributed by atoms with Crippen LogP contribution in [0.4, 0.5) is 0 Å². The highest BCUT2D eigenvalue weighted by Gasteiger charge is 2.13. The average molecular weight is 273 g/mol. The van der Waals surface area contributed by atoms with Crippen LogP contribution in [-0.2, 0) is 20.1 Å². The van der Waals surface area contributed by atoms with E-state index in [1.807, 2.05) is 49.1 Å². The molecule has 0 bridgehead atoms. The topological polar surface area (TPSA) is 41.3 Å². The molecule has 0 aliphatic heterocycles. The van der Waals surface area contributed by atoms with E-state index >= 15 is 0 Å². The van der Waals surface area contributed by atoms with Gasteiger partial charge in [0.1, 0.15) is 0 Å². The third-order valence-electron chi connectivity index (χ3n) is 3.50. The molecule has 1 N–H and O–H groups in total. The van der Waals surface area contributed by atoms with E-state index in [1.54, 1.807) is 0 Å². The number of aliphatic hydroxyl groups excluding tert-OH is 1. The Kier molecular flexibility index (Phi) is 5.32. The molecule has 108 valence electrons. The van der Waals surface area contributed by atoms with Crippen molar-refractivity contribution in [2.75, 3.05) is 6.54 Å². The van der Waals surface area contributed by atoms with Crippen molar-refractivity contribution in [3.05, 3.63) is 53.9 Å². The van der Waals surface area contributed by atoms with Gasteiger partial charge in [0.15, 0.2) is 0 Å². The second kappa shape index (κ2) is 7.22. The van der Waals surface area contributed by atoms with Crippen LogP contribution in [-0.4, -0.2) is 32.4 Å². The van der Waals surface area contributed by atoms with Gasteiger partial charge in [0.25, 0.3) is 0 Å². The van der Waals surface area contributed by atoms with Gasteiger partial charge in [-0.1, -0.05) is 37.3 Å². The van der Waals surface area contributed by atoms with Gasteiger partial charge in [-0.25, -0.2) is 0 Å². The summed E-state index contributed by atoms with van der Waals surface area (Å²) in [6.07, 6.45) is 2.30. The van der Waals surface area contributed by atoms with Crippen LogP contribution in [0.15, 0.2) is 42.6 Å². The monoisotopic (exact) mass is 273 g/mol. The van der Waals surface area contributed by atoms with E-state index in [2.05, 4.69) is 22.1 Å². The van der Waals surface area contributed by atoms with Crippen molar-refractivity contribution >= 4 is 0 Å². The van der Waals surface area contributed by atoms with Crippen molar-refractivity contribution in [2.24, 2.45) is 7.05 Å². The van der Waals surface area contributed by atoms with Gasteiger partial charge in [0.2, 0.25) is 0 Å². The first-order valence-electron chi connectivity index (χ1n) is 7.10. The Morgan fingerprint density at radius 1 is 1.20 bits per heavy atom. The Morgan fingerprint density at radius 3 is 2.55 bits per heavy atom. The number of nitrogens with zero attached hydrogens (tertiary/aromatic N) is 3. The summed E-state index contributed by atoms with van der Waals surface area (Å²) >= 11 is 0. The van der Waals surface area contributed by atoms with Crippen LogP contribution in [0.5, 0.6) is 0 Å². The van der Waals surface area contributed by atoms with E-state index in [9.17, 15) is 5.11 Å². The highest BCUT2D eigenvalue weighted by atomic mass is 16.3. The number of hydrogen-bond acceptors (Lipinski definition) is 3. The summed E-state index contributed by atoms with van der Waals surface area (Å²) in [7, 11) is 1.95. The van der Waals surface area contributed by atoms with Gasteiger partial charge in [-0.15, -0.1) is 0 Å². The van der Waals surface area contributed by atoms with Crippen molar-refractivity contribution < 1.29 is 5.11 Å². The molecule has 1 heterocycles. The molecule has 0 aliphatic carbocycles. The summed E-state index contributed by atoms with van der Waals surface area (Å²) in [6, 6.07) is 12.4. The van der Waals surface area contributed by atoms with E-state index in [1.165, 1.54) is 5.56 Å². The quantitative estimate of drug-likeness (QED) is 0.841. The van der Waals surface area contributed by atoms with Gasteiger partial charge >= 0.3 is 0 Å². The molecule has 0 saturated heterocycles. The van der Waals surface area contributed by atoms with Crippen molar-refractivity contribution in [1.29, 1.82) is 0 Å². The van der Waals surface area contributed by atoms with E-state index in [0.717, 1.165) is 25.2 Å². The predicted octanol–water partition coefficient (Wildman–Crippen LogP) is 2.19. The normalized spacial score (nSPS) is 12.8. The van der Waals surface area contributed by atoms with Crippen LogP contribution in [0.2, 0.25) is 0 Å². The Labute approximate surface area is 120 Å². The molecule has 0 amide bonds. The smallest absolute Gasteiger partial charge is 0.0664 e. The summed E-state index contributed by atoms with van der Waals surface area (Å²) in [5, 5.41) is 14.1. The molecular formula is C16H23N3O. The minimum Gasteiger partial charge on any atom is -0.392 e. The molecular weight excluding hydrogens is 250 g/mol. The molecule has 2 aromatic rings. The fraction of sp³-hybridized carbons (Fsp3) is 0.438. The Balaban J connectivity index is 2.06. The molecule has 1 aromatic heterocycles. The maximum absolute atomic E-state index is 9.94. The minimum absolute atomic E-state index is 0.285. The summed E-state index contributed by atoms with van der Waals surface area (Å²) in [4.78, 5) is 2.26. The number of aromatic nitrogens is 2. The lowest BCUT2D eigenvalue weighted by Crippen LogP contribution is -2.32. The number of benzene rings is 1. The standard InChI is InChI=1S/C16H23N3O/c1-3-16(20)13-19(11-14-7-5-4-6-8-14)12-15-9-10-17-18(15)2/h4-10,16,20H,3,11-13H2,1-2H3. The SMILES string of the molecule is CCC(O)CN(Cc1ccccc1)Cc1ccnn1C. The summed E-state index contributed by atoms with van der Waals surface area (Å²) in [5.74, 6) is 0. The maximum Gasteiger partial charge on any atom is 0.0664 e. The second-order valence-electron chi connectivity index (χ2n) is 5.16. The summed E-state index contributed by atoms with van der Waals surface area (Å²) < 4.78 is 1.89. The fourth-order valence-electron chi connectivity index (χ4n) is 2.24. The van der Waals surface area contributed by atoms with E-state index in [0.29, 0.717) is 6.54 Å². The van der Waals surface area contributed by atoms with Crippen molar-refractivity contribution in [1.82, 2.24) is 14.7 Å². The van der Waals surface area contributed by atoms with Crippen LogP contribution in [0.1, 0.15) is 24.6 Å². The molecule has 1 atom stereocenters. The van der Waals surface area contributed by atoms with Gasteiger partial charge in [-0.2, -0.15) is 5.10 Å². The molecule has 0 fully saturated rings. The zero-order chi connectivity index (χ0) is 14.4. The molecule has 0 radical (unpaired) electrons. The third kappa shape index (κ3) is 4.18. The Bertz CT molecular complexity index is 509. The molecule has 4 heteroatoms. The Hall–Kier alpha value is -1.65. The molecule has 0 aliphatic rings. The fourth-order valence-corrected chi connectivity index (χ4v) is 2.24. The third-order valence-corrected chi connectivity index (χ3v) is 3.50. The zero-order valence-corrected chi connectivity index (χ0v) is 12.2. The van der Waals surface area contributed by atoms with Gasteiger partial charge in [-0.05, 0) is 18.1 Å². The summed E-state index contributed by atoms with van der Waals surface area (Å²) in [6.45, 7) is 4.32. The van der Waals surface area contributed by atoms with Gasteiger partial charge in [0, 0.05) is 32.9 Å². The highest BCUT2D eigenvalue weighted by molar-refractivity contribution is 5.14. The Morgan fingerprint density at radius 2 is 1.95 bits per heavy atom. The lowest BCUT2D eigenvalue weighted by Gasteiger charge is -2.24. The lowest BCUT2D eigenvalue weighted by atomic mass is 10.2. The first-order valence-corrected chi connectivity index (χ1v) is 7.10. The first kappa shape index (κ1) is 14.8. The van der Waals surface area contributed by atoms with Crippen LogP contribution in [0.3, 0.4) is 0 Å². The minimum atomic E-state index is -0.285. The predicted molar refractivity (Wildman–Crippen MR) is 80.1 cm³/mol. The number of hydrogen-bond donors (Lipinski definition) is 1. The molecule has 1 unspecified atom stereocenters. The summed E-state index contributed by atoms with van der Waals surface area (Å²) in [5.41, 5.74) is 2.42. The largest absolute Gasteiger partial charge is 0.392 e. The molecule has 1 aromatic carbocycles. The molecule has 4 nitrogen and oxygen atoms in total.